The summed E-state index contributed by atoms with van der Waals surface area (Å²) in [6.45, 7) is 3.67. The zero-order valence-corrected chi connectivity index (χ0v) is 15.5. The van der Waals surface area contributed by atoms with E-state index in [0.29, 0.717) is 11.5 Å². The topological polar surface area (TPSA) is 108 Å². The fourth-order valence-electron chi connectivity index (χ4n) is 2.38. The van der Waals surface area contributed by atoms with Crippen LogP contribution in [0.5, 0.6) is 0 Å². The van der Waals surface area contributed by atoms with Crippen LogP contribution in [0.25, 0.3) is 11.3 Å². The van der Waals surface area contributed by atoms with Crippen molar-refractivity contribution in [1.82, 2.24) is 10.4 Å². The first kappa shape index (κ1) is 18.5. The summed E-state index contributed by atoms with van der Waals surface area (Å²) in [5, 5.41) is 17.7. The molecule has 138 valence electrons. The van der Waals surface area contributed by atoms with E-state index in [0.717, 1.165) is 21.8 Å². The summed E-state index contributed by atoms with van der Waals surface area (Å²) in [5.74, 6) is -1.38. The first-order valence-electron chi connectivity index (χ1n) is 8.08. The first-order chi connectivity index (χ1) is 12.9. The van der Waals surface area contributed by atoms with Crippen LogP contribution in [0.15, 0.2) is 51.3 Å². The number of benzene rings is 1. The fraction of sp³-hybridized carbons (Fsp3) is 0.158. The van der Waals surface area contributed by atoms with E-state index in [9.17, 15) is 14.7 Å². The highest BCUT2D eigenvalue weighted by molar-refractivity contribution is 7.09. The second-order valence-corrected chi connectivity index (χ2v) is 6.86. The Hall–Kier alpha value is -3.26. The van der Waals surface area contributed by atoms with Gasteiger partial charge >= 0.3 is 0 Å². The van der Waals surface area contributed by atoms with Crippen molar-refractivity contribution in [3.63, 3.8) is 0 Å². The van der Waals surface area contributed by atoms with Gasteiger partial charge in [-0.25, -0.2) is 10.4 Å². The van der Waals surface area contributed by atoms with Gasteiger partial charge in [-0.15, -0.1) is 11.3 Å². The predicted molar refractivity (Wildman–Crippen MR) is 99.4 cm³/mol. The molecule has 8 heteroatoms. The van der Waals surface area contributed by atoms with Gasteiger partial charge < -0.3 is 14.3 Å². The Bertz CT molecular complexity index is 1000. The van der Waals surface area contributed by atoms with Crippen molar-refractivity contribution < 1.29 is 19.1 Å². The van der Waals surface area contributed by atoms with Crippen LogP contribution >= 0.6 is 11.3 Å². The van der Waals surface area contributed by atoms with Gasteiger partial charge in [-0.3, -0.25) is 4.79 Å². The normalized spacial score (nSPS) is 11.4. The maximum atomic E-state index is 11.9. The summed E-state index contributed by atoms with van der Waals surface area (Å²) in [4.78, 5) is 27.0. The Balaban J connectivity index is 1.63. The predicted octanol–water partition coefficient (Wildman–Crippen LogP) is 2.16. The molecule has 0 aliphatic rings. The summed E-state index contributed by atoms with van der Waals surface area (Å²) in [6.07, 6.45) is 0.180. The van der Waals surface area contributed by atoms with Gasteiger partial charge in [0, 0.05) is 10.9 Å². The average molecular weight is 382 g/mol. The highest BCUT2D eigenvalue weighted by Gasteiger charge is 2.08. The third-order valence-corrected chi connectivity index (χ3v) is 4.57. The molecule has 1 amide bonds. The Morgan fingerprint density at radius 3 is 2.56 bits per heavy atom. The highest BCUT2D eigenvalue weighted by Crippen LogP contribution is 2.22. The zero-order valence-electron chi connectivity index (χ0n) is 14.7. The summed E-state index contributed by atoms with van der Waals surface area (Å²) in [5.41, 5.74) is 5.42. The molecule has 0 radical (unpaired) electrons. The Labute approximate surface area is 159 Å². The lowest BCUT2D eigenvalue weighted by Gasteiger charge is -2.04. The smallest absolute Gasteiger partial charge is 0.246 e. The quantitative estimate of drug-likeness (QED) is 0.519. The fourth-order valence-corrected chi connectivity index (χ4v) is 3.00. The molecule has 1 aromatic carbocycles. The van der Waals surface area contributed by atoms with Gasteiger partial charge in [-0.2, -0.15) is 5.10 Å². The molecular weight excluding hydrogens is 366 g/mol. The minimum absolute atomic E-state index is 0.180. The summed E-state index contributed by atoms with van der Waals surface area (Å²) < 4.78 is 5.21. The molecule has 1 N–H and O–H groups in total. The Kier molecular flexibility index (Phi) is 5.46. The van der Waals surface area contributed by atoms with Crippen LogP contribution in [-0.4, -0.2) is 22.6 Å². The molecule has 0 bridgehead atoms. The molecule has 27 heavy (non-hydrogen) atoms. The molecule has 3 aromatic rings. The third kappa shape index (κ3) is 4.68. The average Bonchev–Trinajstić information content (AvgIpc) is 3.29. The summed E-state index contributed by atoms with van der Waals surface area (Å²) in [6, 6.07) is 10.1. The van der Waals surface area contributed by atoms with Gasteiger partial charge in [0.05, 0.1) is 22.8 Å². The Morgan fingerprint density at radius 2 is 1.96 bits per heavy atom. The van der Waals surface area contributed by atoms with Crippen molar-refractivity contribution in [3.8, 4) is 11.3 Å². The molecule has 2 aromatic heterocycles. The van der Waals surface area contributed by atoms with E-state index >= 15 is 0 Å². The van der Waals surface area contributed by atoms with E-state index < -0.39 is 5.97 Å². The number of rotatable bonds is 6. The molecule has 3 rings (SSSR count). The first-order valence-corrected chi connectivity index (χ1v) is 8.96. The van der Waals surface area contributed by atoms with Crippen molar-refractivity contribution in [2.45, 2.75) is 20.3 Å². The Morgan fingerprint density at radius 1 is 1.22 bits per heavy atom. The molecule has 0 saturated carbocycles. The van der Waals surface area contributed by atoms with Crippen molar-refractivity contribution >= 4 is 28.9 Å². The molecule has 0 unspecified atom stereocenters. The number of aromatic carboxylic acids is 1. The maximum Gasteiger partial charge on any atom is 0.246 e. The van der Waals surface area contributed by atoms with Gasteiger partial charge in [0.1, 0.15) is 17.5 Å². The minimum Gasteiger partial charge on any atom is -0.542 e. The van der Waals surface area contributed by atoms with Gasteiger partial charge in [-0.1, -0.05) is 24.3 Å². The number of carbonyl (C=O) groups is 2. The van der Waals surface area contributed by atoms with Crippen LogP contribution in [-0.2, 0) is 11.2 Å². The molecular formula is C19H16N3O4S-. The maximum absolute atomic E-state index is 11.9. The zero-order chi connectivity index (χ0) is 19.4. The van der Waals surface area contributed by atoms with E-state index in [2.05, 4.69) is 15.5 Å². The van der Waals surface area contributed by atoms with E-state index in [-0.39, 0.29) is 18.1 Å². The molecule has 0 aliphatic heterocycles. The minimum atomic E-state index is -1.36. The van der Waals surface area contributed by atoms with Crippen molar-refractivity contribution in [2.75, 3.05) is 0 Å². The third-order valence-electron chi connectivity index (χ3n) is 3.75. The molecule has 0 spiro atoms. The van der Waals surface area contributed by atoms with Gasteiger partial charge in [-0.05, 0) is 31.5 Å². The van der Waals surface area contributed by atoms with E-state index in [1.807, 2.05) is 24.4 Å². The number of nitrogens with zero attached hydrogens (tertiary/aromatic N) is 2. The van der Waals surface area contributed by atoms with Gasteiger partial charge in [0.25, 0.3) is 0 Å². The van der Waals surface area contributed by atoms with Crippen molar-refractivity contribution in [3.05, 3.63) is 63.8 Å². The second-order valence-electron chi connectivity index (χ2n) is 5.80. The number of hydrazone groups is 1. The van der Waals surface area contributed by atoms with Gasteiger partial charge in [0.2, 0.25) is 5.91 Å². The number of aryl methyl sites for hydroxylation is 1. The molecule has 7 nitrogen and oxygen atoms in total. The lowest BCUT2D eigenvalue weighted by molar-refractivity contribution is -0.257. The van der Waals surface area contributed by atoms with Crippen LogP contribution in [0, 0.1) is 6.92 Å². The number of carbonyl (C=O) groups excluding carboxylic acids is 2. The molecule has 0 fully saturated rings. The van der Waals surface area contributed by atoms with Crippen molar-refractivity contribution in [2.24, 2.45) is 5.10 Å². The van der Waals surface area contributed by atoms with E-state index in [4.69, 9.17) is 4.42 Å². The number of nitrogens with one attached hydrogen (secondary N) is 1. The number of hydrogen-bond donors (Lipinski definition) is 1. The summed E-state index contributed by atoms with van der Waals surface area (Å²) >= 11 is 1.50. The monoisotopic (exact) mass is 382 g/mol. The molecule has 0 saturated heterocycles. The van der Waals surface area contributed by atoms with Crippen molar-refractivity contribution in [1.29, 1.82) is 0 Å². The number of hydrogen-bond acceptors (Lipinski definition) is 7. The van der Waals surface area contributed by atoms with Crippen LogP contribution < -0.4 is 10.5 Å². The van der Waals surface area contributed by atoms with Crippen LogP contribution in [0.4, 0.5) is 0 Å². The SMILES string of the molecule is C/C(=N/NC(=O)Cc1csc(C)n1)c1ccc(-c2ccc(C(=O)[O-])o2)cc1. The second kappa shape index (κ2) is 7.96. The number of thiazole rings is 1. The summed E-state index contributed by atoms with van der Waals surface area (Å²) in [7, 11) is 0. The number of aromatic nitrogens is 1. The number of carboxylic acid groups (broad SMARTS) is 1. The molecule has 0 aliphatic carbocycles. The van der Waals surface area contributed by atoms with E-state index in [1.165, 1.54) is 17.4 Å². The molecule has 0 atom stereocenters. The van der Waals surface area contributed by atoms with E-state index in [1.54, 1.807) is 25.1 Å². The number of furan rings is 1. The lowest BCUT2D eigenvalue weighted by atomic mass is 10.1. The van der Waals surface area contributed by atoms with Crippen LogP contribution in [0.1, 0.15) is 33.7 Å². The highest BCUT2D eigenvalue weighted by atomic mass is 32.1. The van der Waals surface area contributed by atoms with Crippen LogP contribution in [0.3, 0.4) is 0 Å². The largest absolute Gasteiger partial charge is 0.542 e. The van der Waals surface area contributed by atoms with Gasteiger partial charge in [0.15, 0.2) is 0 Å². The van der Waals surface area contributed by atoms with Crippen LogP contribution in [0.2, 0.25) is 0 Å². The lowest BCUT2D eigenvalue weighted by Crippen LogP contribution is -2.21. The molecule has 2 heterocycles. The number of amides is 1. The number of carboxylic acids is 1. The standard InChI is InChI=1S/C19H17N3O4S/c1-11(21-22-18(23)9-15-10-27-12(2)20-15)13-3-5-14(6-4-13)16-7-8-17(26-16)19(24)25/h3-8,10H,9H2,1-2H3,(H,22,23)(H,24,25)/p-1/b21-11-.